The van der Waals surface area contributed by atoms with Gasteiger partial charge in [0.15, 0.2) is 0 Å². The Kier molecular flexibility index (Phi) is 2.87. The van der Waals surface area contributed by atoms with Crippen molar-refractivity contribution in [2.45, 2.75) is 18.4 Å². The molecule has 1 aromatic heterocycles. The highest BCUT2D eigenvalue weighted by Gasteiger charge is 2.43. The quantitative estimate of drug-likeness (QED) is 0.762. The van der Waals surface area contributed by atoms with E-state index in [0.717, 1.165) is 12.8 Å². The van der Waals surface area contributed by atoms with E-state index in [2.05, 4.69) is 4.74 Å². The van der Waals surface area contributed by atoms with Gasteiger partial charge in [0.05, 0.1) is 12.6 Å². The van der Waals surface area contributed by atoms with Crippen LogP contribution in [0.4, 0.5) is 0 Å². The van der Waals surface area contributed by atoms with Crippen LogP contribution in [0.3, 0.4) is 0 Å². The summed E-state index contributed by atoms with van der Waals surface area (Å²) in [5.41, 5.74) is 5.55. The molecule has 0 unspecified atom stereocenters. The number of esters is 1. The van der Waals surface area contributed by atoms with Crippen LogP contribution >= 0.6 is 12.4 Å². The van der Waals surface area contributed by atoms with Gasteiger partial charge in [0.2, 0.25) is 5.76 Å². The molecule has 0 amide bonds. The number of carbonyl (C=O) groups excluding carboxylic acids is 1. The number of hydrogen-bond acceptors (Lipinski definition) is 4. The van der Waals surface area contributed by atoms with Crippen molar-refractivity contribution < 1.29 is 13.9 Å². The molecule has 1 aliphatic rings. The third-order valence-corrected chi connectivity index (χ3v) is 2.27. The lowest BCUT2D eigenvalue weighted by atomic mass is 10.2. The number of furan rings is 1. The minimum atomic E-state index is -0.463. The van der Waals surface area contributed by atoms with E-state index in [1.165, 1.54) is 7.11 Å². The lowest BCUT2D eigenvalue weighted by Crippen LogP contribution is -2.17. The van der Waals surface area contributed by atoms with Crippen molar-refractivity contribution in [2.75, 3.05) is 7.11 Å². The van der Waals surface area contributed by atoms with Gasteiger partial charge in [-0.05, 0) is 25.0 Å². The van der Waals surface area contributed by atoms with Crippen LogP contribution in [0.15, 0.2) is 16.5 Å². The van der Waals surface area contributed by atoms with Gasteiger partial charge in [-0.25, -0.2) is 4.79 Å². The third kappa shape index (κ3) is 1.76. The van der Waals surface area contributed by atoms with Crippen LogP contribution in [0.25, 0.3) is 0 Å². The fraction of sp³-hybridized carbons (Fsp3) is 0.444. The van der Waals surface area contributed by atoms with Gasteiger partial charge in [0.25, 0.3) is 0 Å². The molecule has 0 aliphatic heterocycles. The van der Waals surface area contributed by atoms with E-state index in [1.807, 2.05) is 0 Å². The number of nitrogens with two attached hydrogens (primary N) is 1. The van der Waals surface area contributed by atoms with Crippen LogP contribution in [0, 0.1) is 0 Å². The molecule has 0 aromatic carbocycles. The first kappa shape index (κ1) is 11.1. The van der Waals surface area contributed by atoms with Gasteiger partial charge in [0, 0.05) is 0 Å². The van der Waals surface area contributed by atoms with Crippen LogP contribution in [-0.4, -0.2) is 13.1 Å². The summed E-state index contributed by atoms with van der Waals surface area (Å²) >= 11 is 0. The van der Waals surface area contributed by atoms with Gasteiger partial charge < -0.3 is 14.9 Å². The molecule has 2 rings (SSSR count). The lowest BCUT2D eigenvalue weighted by Gasteiger charge is -2.02. The Bertz CT molecular complexity index is 344. The largest absolute Gasteiger partial charge is 0.463 e. The van der Waals surface area contributed by atoms with Crippen molar-refractivity contribution in [3.63, 3.8) is 0 Å². The lowest BCUT2D eigenvalue weighted by molar-refractivity contribution is 0.0562. The van der Waals surface area contributed by atoms with E-state index >= 15 is 0 Å². The van der Waals surface area contributed by atoms with E-state index < -0.39 is 5.97 Å². The highest BCUT2D eigenvalue weighted by Crippen LogP contribution is 2.43. The maximum Gasteiger partial charge on any atom is 0.373 e. The van der Waals surface area contributed by atoms with Gasteiger partial charge in [-0.15, -0.1) is 12.4 Å². The van der Waals surface area contributed by atoms with Crippen molar-refractivity contribution in [1.29, 1.82) is 0 Å². The third-order valence-electron chi connectivity index (χ3n) is 2.27. The number of rotatable bonds is 2. The van der Waals surface area contributed by atoms with E-state index in [-0.39, 0.29) is 23.7 Å². The average Bonchev–Trinajstić information content (AvgIpc) is 2.72. The molecule has 1 fully saturated rings. The molecule has 0 radical (unpaired) electrons. The molecule has 0 atom stereocenters. The van der Waals surface area contributed by atoms with Gasteiger partial charge in [-0.3, -0.25) is 0 Å². The number of methoxy groups -OCH3 is 1. The predicted octanol–water partition coefficient (Wildman–Crippen LogP) is 1.44. The van der Waals surface area contributed by atoms with Gasteiger partial charge in [0.1, 0.15) is 5.76 Å². The molecule has 1 aliphatic carbocycles. The second-order valence-corrected chi connectivity index (χ2v) is 3.31. The zero-order valence-electron chi connectivity index (χ0n) is 7.78. The summed E-state index contributed by atoms with van der Waals surface area (Å²) in [6, 6.07) is 3.33. The first-order valence-electron chi connectivity index (χ1n) is 4.13. The fourth-order valence-electron chi connectivity index (χ4n) is 1.20. The van der Waals surface area contributed by atoms with Gasteiger partial charge in [-0.1, -0.05) is 0 Å². The Labute approximate surface area is 87.8 Å². The molecule has 0 saturated heterocycles. The number of ether oxygens (including phenoxy) is 1. The molecular formula is C9H12ClNO3. The summed E-state index contributed by atoms with van der Waals surface area (Å²) in [6.07, 6.45) is 1.84. The fourth-order valence-corrected chi connectivity index (χ4v) is 1.20. The number of carbonyl (C=O) groups is 1. The van der Waals surface area contributed by atoms with Crippen LogP contribution in [0.1, 0.15) is 29.2 Å². The topological polar surface area (TPSA) is 65.5 Å². The van der Waals surface area contributed by atoms with Gasteiger partial charge in [-0.2, -0.15) is 0 Å². The Morgan fingerprint density at radius 1 is 1.57 bits per heavy atom. The zero-order valence-corrected chi connectivity index (χ0v) is 8.60. The first-order valence-corrected chi connectivity index (χ1v) is 4.13. The SMILES string of the molecule is COC(=O)c1ccc(C2(N)CC2)o1.Cl. The summed E-state index contributed by atoms with van der Waals surface area (Å²) < 4.78 is 9.77. The van der Waals surface area contributed by atoms with Crippen molar-refractivity contribution in [2.24, 2.45) is 5.73 Å². The monoisotopic (exact) mass is 217 g/mol. The second-order valence-electron chi connectivity index (χ2n) is 3.31. The van der Waals surface area contributed by atoms with Gasteiger partial charge >= 0.3 is 5.97 Å². The molecule has 1 heterocycles. The molecule has 78 valence electrons. The van der Waals surface area contributed by atoms with Crippen molar-refractivity contribution in [3.8, 4) is 0 Å². The highest BCUT2D eigenvalue weighted by molar-refractivity contribution is 5.86. The van der Waals surface area contributed by atoms with E-state index in [4.69, 9.17) is 10.2 Å². The molecular weight excluding hydrogens is 206 g/mol. The molecule has 1 saturated carbocycles. The minimum absolute atomic E-state index is 0. The van der Waals surface area contributed by atoms with E-state index in [0.29, 0.717) is 5.76 Å². The maximum absolute atomic E-state index is 11.0. The zero-order chi connectivity index (χ0) is 9.47. The van der Waals surface area contributed by atoms with Crippen molar-refractivity contribution in [3.05, 3.63) is 23.7 Å². The Morgan fingerprint density at radius 2 is 2.21 bits per heavy atom. The molecule has 2 N–H and O–H groups in total. The summed E-state index contributed by atoms with van der Waals surface area (Å²) in [6.45, 7) is 0. The molecule has 1 aromatic rings. The van der Waals surface area contributed by atoms with E-state index in [9.17, 15) is 4.79 Å². The molecule has 4 nitrogen and oxygen atoms in total. The number of hydrogen-bond donors (Lipinski definition) is 1. The normalized spacial score (nSPS) is 17.0. The summed E-state index contributed by atoms with van der Waals surface area (Å²) in [4.78, 5) is 11.0. The summed E-state index contributed by atoms with van der Waals surface area (Å²) in [5.74, 6) is 0.428. The maximum atomic E-state index is 11.0. The predicted molar refractivity (Wildman–Crippen MR) is 52.4 cm³/mol. The summed E-state index contributed by atoms with van der Waals surface area (Å²) in [5, 5.41) is 0. The molecule has 0 bridgehead atoms. The van der Waals surface area contributed by atoms with E-state index in [1.54, 1.807) is 12.1 Å². The molecule has 5 heteroatoms. The number of halogens is 1. The Balaban J connectivity index is 0.000000980. The standard InChI is InChI=1S/C9H11NO3.ClH/c1-12-8(11)6-2-3-7(13-6)9(10)4-5-9;/h2-3H,4-5,10H2,1H3;1H. The smallest absolute Gasteiger partial charge is 0.373 e. The van der Waals surface area contributed by atoms with Crippen LogP contribution < -0.4 is 5.73 Å². The molecule has 0 spiro atoms. The van der Waals surface area contributed by atoms with Crippen LogP contribution in [-0.2, 0) is 10.3 Å². The Hall–Kier alpha value is -1.00. The summed E-state index contributed by atoms with van der Waals surface area (Å²) in [7, 11) is 1.32. The van der Waals surface area contributed by atoms with Crippen molar-refractivity contribution in [1.82, 2.24) is 0 Å². The Morgan fingerprint density at radius 3 is 2.71 bits per heavy atom. The van der Waals surface area contributed by atoms with Crippen LogP contribution in [0.5, 0.6) is 0 Å². The first-order chi connectivity index (χ1) is 6.15. The minimum Gasteiger partial charge on any atom is -0.463 e. The van der Waals surface area contributed by atoms with Crippen LogP contribution in [0.2, 0.25) is 0 Å². The highest BCUT2D eigenvalue weighted by atomic mass is 35.5. The second kappa shape index (κ2) is 3.63. The average molecular weight is 218 g/mol. The van der Waals surface area contributed by atoms with Crippen molar-refractivity contribution >= 4 is 18.4 Å². The molecule has 14 heavy (non-hydrogen) atoms.